The molecule has 0 spiro atoms. The van der Waals surface area contributed by atoms with Crippen LogP contribution in [0.25, 0.3) is 0 Å². The molecule has 0 fully saturated rings. The zero-order valence-electron chi connectivity index (χ0n) is 15.8. The monoisotopic (exact) mass is 383 g/mol. The van der Waals surface area contributed by atoms with Gasteiger partial charge in [-0.2, -0.15) is 0 Å². The highest BCUT2D eigenvalue weighted by molar-refractivity contribution is 5.76. The Labute approximate surface area is 162 Å². The number of hydrogen-bond acceptors (Lipinski definition) is 5. The zero-order valence-corrected chi connectivity index (χ0v) is 15.8. The van der Waals surface area contributed by atoms with Gasteiger partial charge in [0.25, 0.3) is 0 Å². The number of hydrogen-bond donors (Lipinski definition) is 1. The van der Waals surface area contributed by atoms with E-state index in [1.165, 1.54) is 6.07 Å². The molecule has 1 aromatic heterocycles. The van der Waals surface area contributed by atoms with E-state index in [-0.39, 0.29) is 24.7 Å². The van der Waals surface area contributed by atoms with E-state index >= 15 is 0 Å². The average molecular weight is 383 g/mol. The fourth-order valence-corrected chi connectivity index (χ4v) is 2.74. The first-order valence-electron chi connectivity index (χ1n) is 8.98. The zero-order chi connectivity index (χ0) is 19.9. The van der Waals surface area contributed by atoms with Crippen molar-refractivity contribution in [3.63, 3.8) is 0 Å². The molecule has 2 aromatic carbocycles. The number of rotatable bonds is 8. The maximum Gasteiger partial charge on any atom is 0.249 e. The Balaban J connectivity index is 1.52. The fourth-order valence-electron chi connectivity index (χ4n) is 2.74. The molecule has 0 radical (unpaired) electrons. The second kappa shape index (κ2) is 9.23. The van der Waals surface area contributed by atoms with Gasteiger partial charge in [0.2, 0.25) is 17.7 Å². The van der Waals surface area contributed by atoms with Crippen molar-refractivity contribution in [2.75, 3.05) is 7.11 Å². The van der Waals surface area contributed by atoms with Crippen LogP contribution in [0.1, 0.15) is 41.0 Å². The molecule has 1 heterocycles. The third-order valence-electron chi connectivity index (χ3n) is 4.34. The van der Waals surface area contributed by atoms with Crippen LogP contribution in [-0.4, -0.2) is 23.2 Å². The first-order valence-corrected chi connectivity index (χ1v) is 8.98. The van der Waals surface area contributed by atoms with Crippen LogP contribution in [-0.2, 0) is 22.5 Å². The number of halogens is 1. The smallest absolute Gasteiger partial charge is 0.249 e. The van der Waals surface area contributed by atoms with E-state index < -0.39 is 6.10 Å². The number of aryl methyl sites for hydroxylation is 2. The molecule has 3 aromatic rings. The molecule has 0 unspecified atom stereocenters. The van der Waals surface area contributed by atoms with Gasteiger partial charge in [0.15, 0.2) is 6.10 Å². The number of carbonyl (C=O) groups excluding carboxylic acids is 1. The summed E-state index contributed by atoms with van der Waals surface area (Å²) in [5.74, 6) is 0.257. The van der Waals surface area contributed by atoms with Gasteiger partial charge >= 0.3 is 0 Å². The summed E-state index contributed by atoms with van der Waals surface area (Å²) in [6.45, 7) is 1.97. The van der Waals surface area contributed by atoms with Gasteiger partial charge in [-0.05, 0) is 29.7 Å². The van der Waals surface area contributed by atoms with E-state index in [0.29, 0.717) is 29.3 Å². The van der Waals surface area contributed by atoms with Crippen LogP contribution >= 0.6 is 0 Å². The van der Waals surface area contributed by atoms with Crippen molar-refractivity contribution in [2.24, 2.45) is 0 Å². The first kappa shape index (κ1) is 19.7. The second-order valence-corrected chi connectivity index (χ2v) is 6.42. The van der Waals surface area contributed by atoms with Crippen molar-refractivity contribution in [3.05, 3.63) is 82.8 Å². The number of nitrogens with one attached hydrogen (secondary N) is 1. The lowest BCUT2D eigenvalue weighted by Crippen LogP contribution is -2.23. The Bertz CT molecular complexity index is 928. The summed E-state index contributed by atoms with van der Waals surface area (Å²) < 4.78 is 24.7. The van der Waals surface area contributed by atoms with E-state index in [4.69, 9.17) is 9.15 Å². The summed E-state index contributed by atoms with van der Waals surface area (Å²) in [5.41, 5.74) is 2.19. The van der Waals surface area contributed by atoms with Crippen LogP contribution in [0.15, 0.2) is 52.9 Å². The van der Waals surface area contributed by atoms with Crippen LogP contribution in [0.2, 0.25) is 0 Å². The number of benzene rings is 2. The summed E-state index contributed by atoms with van der Waals surface area (Å²) in [4.78, 5) is 12.0. The van der Waals surface area contributed by atoms with Crippen molar-refractivity contribution >= 4 is 5.91 Å². The number of amides is 1. The quantitative estimate of drug-likeness (QED) is 0.644. The summed E-state index contributed by atoms with van der Waals surface area (Å²) in [6, 6.07) is 14.5. The van der Waals surface area contributed by atoms with Gasteiger partial charge in [-0.1, -0.05) is 42.5 Å². The predicted octanol–water partition coefficient (Wildman–Crippen LogP) is 3.50. The Morgan fingerprint density at radius 3 is 2.71 bits per heavy atom. The number of aromatic nitrogens is 2. The molecule has 0 saturated heterocycles. The van der Waals surface area contributed by atoms with Crippen LogP contribution < -0.4 is 5.32 Å². The summed E-state index contributed by atoms with van der Waals surface area (Å²) >= 11 is 0. The lowest BCUT2D eigenvalue weighted by molar-refractivity contribution is -0.121. The third kappa shape index (κ3) is 5.01. The molecule has 1 atom stereocenters. The van der Waals surface area contributed by atoms with E-state index in [0.717, 1.165) is 5.56 Å². The normalized spacial score (nSPS) is 12.0. The van der Waals surface area contributed by atoms with Gasteiger partial charge in [-0.25, -0.2) is 4.39 Å². The second-order valence-electron chi connectivity index (χ2n) is 6.42. The van der Waals surface area contributed by atoms with Crippen molar-refractivity contribution in [2.45, 2.75) is 32.4 Å². The number of nitrogens with zero attached hydrogens (tertiary/aromatic N) is 2. The number of carbonyl (C=O) groups is 1. The van der Waals surface area contributed by atoms with E-state index in [1.54, 1.807) is 26.2 Å². The van der Waals surface area contributed by atoms with Crippen molar-refractivity contribution in [1.29, 1.82) is 0 Å². The number of methoxy groups -OCH3 is 1. The minimum absolute atomic E-state index is 0.174. The minimum Gasteiger partial charge on any atom is -0.422 e. The molecule has 0 aliphatic carbocycles. The van der Waals surface area contributed by atoms with Gasteiger partial charge in [0.05, 0.1) is 0 Å². The van der Waals surface area contributed by atoms with E-state index in [1.807, 2.05) is 30.3 Å². The van der Waals surface area contributed by atoms with Gasteiger partial charge in [-0.15, -0.1) is 10.2 Å². The topological polar surface area (TPSA) is 77.2 Å². The Morgan fingerprint density at radius 1 is 1.21 bits per heavy atom. The molecule has 1 N–H and O–H groups in total. The molecule has 0 aliphatic rings. The predicted molar refractivity (Wildman–Crippen MR) is 101 cm³/mol. The highest BCUT2D eigenvalue weighted by atomic mass is 19.1. The van der Waals surface area contributed by atoms with Crippen molar-refractivity contribution in [1.82, 2.24) is 15.5 Å². The van der Waals surface area contributed by atoms with E-state index in [9.17, 15) is 9.18 Å². The molecule has 1 amide bonds. The van der Waals surface area contributed by atoms with Crippen molar-refractivity contribution < 1.29 is 18.3 Å². The molecule has 3 rings (SSSR count). The molecule has 0 saturated carbocycles. The number of ether oxygens (including phenoxy) is 1. The lowest BCUT2D eigenvalue weighted by atomic mass is 10.1. The van der Waals surface area contributed by atoms with Crippen LogP contribution in [0.3, 0.4) is 0 Å². The van der Waals surface area contributed by atoms with Crippen LogP contribution in [0, 0.1) is 12.7 Å². The highest BCUT2D eigenvalue weighted by Crippen LogP contribution is 2.24. The standard InChI is InChI=1S/C21H22FN3O3/c1-14-8-9-15(12-17(14)22)13-23-18(26)10-11-19-24-25-21(28-19)20(27-2)16-6-4-3-5-7-16/h3-9,12,20H,10-11,13H2,1-2H3,(H,23,26)/t20-/m0/s1. The molecular weight excluding hydrogens is 361 g/mol. The van der Waals surface area contributed by atoms with Gasteiger partial charge < -0.3 is 14.5 Å². The van der Waals surface area contributed by atoms with Crippen LogP contribution in [0.4, 0.5) is 4.39 Å². The van der Waals surface area contributed by atoms with Crippen LogP contribution in [0.5, 0.6) is 0 Å². The largest absolute Gasteiger partial charge is 0.422 e. The fraction of sp³-hybridized carbons (Fsp3) is 0.286. The molecule has 146 valence electrons. The Morgan fingerprint density at radius 2 is 2.00 bits per heavy atom. The Hall–Kier alpha value is -3.06. The van der Waals surface area contributed by atoms with E-state index in [2.05, 4.69) is 15.5 Å². The molecule has 0 bridgehead atoms. The van der Waals surface area contributed by atoms with Gasteiger partial charge in [0, 0.05) is 26.5 Å². The summed E-state index contributed by atoms with van der Waals surface area (Å²) in [7, 11) is 1.57. The SMILES string of the molecule is CO[C@@H](c1ccccc1)c1nnc(CCC(=O)NCc2ccc(C)c(F)c2)o1. The molecule has 6 nitrogen and oxygen atoms in total. The maximum absolute atomic E-state index is 13.5. The molecule has 28 heavy (non-hydrogen) atoms. The summed E-state index contributed by atoms with van der Waals surface area (Å²) in [5, 5.41) is 10.8. The Kier molecular flexibility index (Phi) is 6.49. The molecule has 0 aliphatic heterocycles. The van der Waals surface area contributed by atoms with Gasteiger partial charge in [0.1, 0.15) is 5.82 Å². The molecule has 7 heteroatoms. The third-order valence-corrected chi connectivity index (χ3v) is 4.34. The lowest BCUT2D eigenvalue weighted by Gasteiger charge is -2.10. The minimum atomic E-state index is -0.451. The van der Waals surface area contributed by atoms with Crippen molar-refractivity contribution in [3.8, 4) is 0 Å². The molecular formula is C21H22FN3O3. The maximum atomic E-state index is 13.5. The highest BCUT2D eigenvalue weighted by Gasteiger charge is 2.20. The average Bonchev–Trinajstić information content (AvgIpc) is 3.17. The summed E-state index contributed by atoms with van der Waals surface area (Å²) in [6.07, 6.45) is 0.0540. The van der Waals surface area contributed by atoms with Gasteiger partial charge in [-0.3, -0.25) is 4.79 Å². The first-order chi connectivity index (χ1) is 13.6.